The SMILES string of the molecule is O=C(c1cc(F)cc(Cl)c1)N1C[C@@H](Cc2ccncc2)[C@@H](O)C1. The maximum Gasteiger partial charge on any atom is 0.254 e. The van der Waals surface area contributed by atoms with Gasteiger partial charge in [0.25, 0.3) is 5.91 Å². The molecule has 2 aromatic rings. The summed E-state index contributed by atoms with van der Waals surface area (Å²) in [6.45, 7) is 0.666. The number of likely N-dealkylation sites (tertiary alicyclic amines) is 1. The molecule has 23 heavy (non-hydrogen) atoms. The number of rotatable bonds is 3. The summed E-state index contributed by atoms with van der Waals surface area (Å²) in [6, 6.07) is 7.54. The van der Waals surface area contributed by atoms with E-state index in [1.807, 2.05) is 12.1 Å². The Bertz CT molecular complexity index is 691. The summed E-state index contributed by atoms with van der Waals surface area (Å²) < 4.78 is 13.4. The Morgan fingerprint density at radius 1 is 1.30 bits per heavy atom. The Balaban J connectivity index is 1.71. The van der Waals surface area contributed by atoms with Crippen molar-refractivity contribution in [1.29, 1.82) is 0 Å². The number of nitrogens with zero attached hydrogens (tertiary/aromatic N) is 2. The second-order valence-electron chi connectivity index (χ2n) is 5.76. The van der Waals surface area contributed by atoms with Crippen LogP contribution in [-0.4, -0.2) is 40.1 Å². The number of amides is 1. The fourth-order valence-electron chi connectivity index (χ4n) is 2.90. The van der Waals surface area contributed by atoms with Crippen LogP contribution in [0, 0.1) is 11.7 Å². The highest BCUT2D eigenvalue weighted by Gasteiger charge is 2.34. The molecule has 2 heterocycles. The van der Waals surface area contributed by atoms with Crippen molar-refractivity contribution in [2.24, 2.45) is 5.92 Å². The third kappa shape index (κ3) is 3.68. The van der Waals surface area contributed by atoms with Crippen LogP contribution in [-0.2, 0) is 6.42 Å². The van der Waals surface area contributed by atoms with Crippen molar-refractivity contribution in [3.05, 3.63) is 64.7 Å². The predicted molar refractivity (Wildman–Crippen MR) is 84.8 cm³/mol. The predicted octanol–water partition coefficient (Wildman–Crippen LogP) is 2.55. The number of β-amino-alcohol motifs (C(OH)–C–C–N with tert-alkyl or cyclic N) is 1. The van der Waals surface area contributed by atoms with Gasteiger partial charge in [0.15, 0.2) is 0 Å². The summed E-state index contributed by atoms with van der Waals surface area (Å²) in [4.78, 5) is 18.0. The first-order valence-corrected chi connectivity index (χ1v) is 7.73. The summed E-state index contributed by atoms with van der Waals surface area (Å²) in [6.07, 6.45) is 3.47. The molecular weight excluding hydrogens is 319 g/mol. The third-order valence-electron chi connectivity index (χ3n) is 4.05. The van der Waals surface area contributed by atoms with Gasteiger partial charge in [-0.2, -0.15) is 0 Å². The summed E-state index contributed by atoms with van der Waals surface area (Å²) >= 11 is 5.80. The number of aliphatic hydroxyl groups excluding tert-OH is 1. The molecule has 2 atom stereocenters. The lowest BCUT2D eigenvalue weighted by molar-refractivity contribution is 0.0764. The third-order valence-corrected chi connectivity index (χ3v) is 4.27. The minimum atomic E-state index is -0.601. The highest BCUT2D eigenvalue weighted by Crippen LogP contribution is 2.24. The first-order valence-electron chi connectivity index (χ1n) is 7.35. The number of carbonyl (C=O) groups is 1. The second kappa shape index (κ2) is 6.64. The fourth-order valence-corrected chi connectivity index (χ4v) is 3.12. The van der Waals surface area contributed by atoms with Crippen LogP contribution in [0.4, 0.5) is 4.39 Å². The van der Waals surface area contributed by atoms with Crippen LogP contribution in [0.2, 0.25) is 5.02 Å². The van der Waals surface area contributed by atoms with Crippen molar-refractivity contribution in [2.75, 3.05) is 13.1 Å². The topological polar surface area (TPSA) is 53.4 Å². The summed E-state index contributed by atoms with van der Waals surface area (Å²) in [5.41, 5.74) is 1.26. The molecule has 1 N–H and O–H groups in total. The molecule has 1 aliphatic heterocycles. The molecule has 0 bridgehead atoms. The monoisotopic (exact) mass is 334 g/mol. The molecule has 1 aromatic heterocycles. The number of aliphatic hydroxyl groups is 1. The van der Waals surface area contributed by atoms with E-state index in [9.17, 15) is 14.3 Å². The van der Waals surface area contributed by atoms with Crippen molar-refractivity contribution < 1.29 is 14.3 Å². The molecule has 1 saturated heterocycles. The van der Waals surface area contributed by atoms with Gasteiger partial charge in [-0.1, -0.05) is 11.6 Å². The number of hydrogen-bond acceptors (Lipinski definition) is 3. The standard InChI is InChI=1S/C17H16ClFN2O2/c18-14-6-12(7-15(19)8-14)17(23)21-9-13(16(22)10-21)5-11-1-3-20-4-2-11/h1-4,6-8,13,16,22H,5,9-10H2/t13-,16+/m1/s1. The second-order valence-corrected chi connectivity index (χ2v) is 6.19. The van der Waals surface area contributed by atoms with E-state index < -0.39 is 11.9 Å². The zero-order valence-electron chi connectivity index (χ0n) is 12.3. The molecule has 4 nitrogen and oxygen atoms in total. The lowest BCUT2D eigenvalue weighted by atomic mass is 9.97. The molecule has 6 heteroatoms. The molecule has 0 saturated carbocycles. The van der Waals surface area contributed by atoms with Crippen LogP contribution in [0.15, 0.2) is 42.7 Å². The van der Waals surface area contributed by atoms with E-state index >= 15 is 0 Å². The van der Waals surface area contributed by atoms with Crippen LogP contribution >= 0.6 is 11.6 Å². The average Bonchev–Trinajstić information content (AvgIpc) is 2.87. The molecule has 120 valence electrons. The van der Waals surface area contributed by atoms with E-state index in [2.05, 4.69) is 4.98 Å². The van der Waals surface area contributed by atoms with E-state index in [0.29, 0.717) is 13.0 Å². The van der Waals surface area contributed by atoms with Crippen LogP contribution in [0.25, 0.3) is 0 Å². The number of carbonyl (C=O) groups excluding carboxylic acids is 1. The minimum Gasteiger partial charge on any atom is -0.391 e. The molecule has 1 fully saturated rings. The first kappa shape index (κ1) is 15.9. The molecule has 1 aromatic carbocycles. The number of hydrogen-bond donors (Lipinski definition) is 1. The molecule has 1 amide bonds. The van der Waals surface area contributed by atoms with Crippen LogP contribution in [0.3, 0.4) is 0 Å². The maximum absolute atomic E-state index is 13.4. The molecule has 0 radical (unpaired) electrons. The molecule has 1 aliphatic rings. The van der Waals surface area contributed by atoms with Gasteiger partial charge in [0.1, 0.15) is 5.82 Å². The van der Waals surface area contributed by atoms with Gasteiger partial charge >= 0.3 is 0 Å². The van der Waals surface area contributed by atoms with Gasteiger partial charge in [0.05, 0.1) is 6.10 Å². The van der Waals surface area contributed by atoms with Crippen molar-refractivity contribution in [1.82, 2.24) is 9.88 Å². The normalized spacial score (nSPS) is 20.7. The van der Waals surface area contributed by atoms with E-state index in [1.54, 1.807) is 17.3 Å². The van der Waals surface area contributed by atoms with Gasteiger partial charge in [0, 0.05) is 42.0 Å². The number of benzene rings is 1. The Hall–Kier alpha value is -1.98. The van der Waals surface area contributed by atoms with Crippen molar-refractivity contribution in [2.45, 2.75) is 12.5 Å². The van der Waals surface area contributed by atoms with Gasteiger partial charge in [0.2, 0.25) is 0 Å². The van der Waals surface area contributed by atoms with Crippen molar-refractivity contribution in [3.8, 4) is 0 Å². The Kier molecular flexibility index (Phi) is 4.59. The Labute approximate surface area is 138 Å². The Morgan fingerprint density at radius 3 is 2.74 bits per heavy atom. The maximum atomic E-state index is 13.4. The Morgan fingerprint density at radius 2 is 2.04 bits per heavy atom. The van der Waals surface area contributed by atoms with Crippen molar-refractivity contribution in [3.63, 3.8) is 0 Å². The molecule has 0 unspecified atom stereocenters. The lowest BCUT2D eigenvalue weighted by Gasteiger charge is -2.16. The highest BCUT2D eigenvalue weighted by molar-refractivity contribution is 6.31. The van der Waals surface area contributed by atoms with Gasteiger partial charge in [-0.05, 0) is 42.3 Å². The van der Waals surface area contributed by atoms with Crippen LogP contribution < -0.4 is 0 Å². The van der Waals surface area contributed by atoms with Crippen LogP contribution in [0.1, 0.15) is 15.9 Å². The highest BCUT2D eigenvalue weighted by atomic mass is 35.5. The molecule has 3 rings (SSSR count). The fraction of sp³-hybridized carbons (Fsp3) is 0.294. The number of aromatic nitrogens is 1. The molecule has 0 aliphatic carbocycles. The largest absolute Gasteiger partial charge is 0.391 e. The van der Waals surface area contributed by atoms with Gasteiger partial charge in [-0.25, -0.2) is 4.39 Å². The summed E-state index contributed by atoms with van der Waals surface area (Å²) in [5, 5.41) is 10.4. The van der Waals surface area contributed by atoms with Gasteiger partial charge in [-0.3, -0.25) is 9.78 Å². The lowest BCUT2D eigenvalue weighted by Crippen LogP contribution is -2.29. The zero-order valence-corrected chi connectivity index (χ0v) is 13.1. The molecular formula is C17H16ClFN2O2. The van der Waals surface area contributed by atoms with E-state index in [0.717, 1.165) is 17.7 Å². The smallest absolute Gasteiger partial charge is 0.254 e. The van der Waals surface area contributed by atoms with Crippen LogP contribution in [0.5, 0.6) is 0 Å². The minimum absolute atomic E-state index is 0.0506. The summed E-state index contributed by atoms with van der Waals surface area (Å²) in [5.74, 6) is -0.915. The average molecular weight is 335 g/mol. The van der Waals surface area contributed by atoms with Crippen molar-refractivity contribution >= 4 is 17.5 Å². The zero-order chi connectivity index (χ0) is 16.4. The first-order chi connectivity index (χ1) is 11.0. The van der Waals surface area contributed by atoms with E-state index in [4.69, 9.17) is 11.6 Å². The summed E-state index contributed by atoms with van der Waals surface area (Å²) in [7, 11) is 0. The number of halogens is 2. The quantitative estimate of drug-likeness (QED) is 0.938. The van der Waals surface area contributed by atoms with E-state index in [1.165, 1.54) is 6.07 Å². The molecule has 0 spiro atoms. The van der Waals surface area contributed by atoms with Gasteiger partial charge < -0.3 is 10.0 Å². The number of pyridine rings is 1. The van der Waals surface area contributed by atoms with Gasteiger partial charge in [-0.15, -0.1) is 0 Å². The van der Waals surface area contributed by atoms with E-state index in [-0.39, 0.29) is 29.0 Å².